The molecule has 0 saturated carbocycles. The third-order valence-electron chi connectivity index (χ3n) is 4.39. The maximum atomic E-state index is 13.2. The quantitative estimate of drug-likeness (QED) is 0.393. The van der Waals surface area contributed by atoms with Crippen molar-refractivity contribution in [3.63, 3.8) is 0 Å². The summed E-state index contributed by atoms with van der Waals surface area (Å²) in [6, 6.07) is 21.8. The number of halogens is 1. The molecule has 0 heterocycles. The molecule has 0 radical (unpaired) electrons. The average Bonchev–Trinajstić information content (AvgIpc) is 2.78. The van der Waals surface area contributed by atoms with Gasteiger partial charge in [0.1, 0.15) is 11.1 Å². The van der Waals surface area contributed by atoms with E-state index in [0.29, 0.717) is 11.4 Å². The highest BCUT2D eigenvalue weighted by Crippen LogP contribution is 2.37. The van der Waals surface area contributed by atoms with Crippen molar-refractivity contribution < 1.29 is 23.9 Å². The molecule has 0 aliphatic rings. The summed E-state index contributed by atoms with van der Waals surface area (Å²) < 4.78 is 13.2. The van der Waals surface area contributed by atoms with E-state index in [2.05, 4.69) is 10.6 Å². The van der Waals surface area contributed by atoms with E-state index >= 15 is 0 Å². The van der Waals surface area contributed by atoms with Gasteiger partial charge in [-0.2, -0.15) is 0 Å². The zero-order valence-electron chi connectivity index (χ0n) is 17.0. The number of benzene rings is 3. The van der Waals surface area contributed by atoms with E-state index in [9.17, 15) is 18.8 Å². The number of rotatable bonds is 9. The summed E-state index contributed by atoms with van der Waals surface area (Å²) in [5, 5.41) is 13.6. The van der Waals surface area contributed by atoms with Crippen LogP contribution >= 0.6 is 11.8 Å². The highest BCUT2D eigenvalue weighted by Gasteiger charge is 2.22. The van der Waals surface area contributed by atoms with Crippen LogP contribution in [0.3, 0.4) is 0 Å². The number of anilines is 2. The summed E-state index contributed by atoms with van der Waals surface area (Å²) in [6.45, 7) is 0. The lowest BCUT2D eigenvalue weighted by atomic mass is 10.1. The van der Waals surface area contributed by atoms with Gasteiger partial charge in [0.15, 0.2) is 0 Å². The van der Waals surface area contributed by atoms with Gasteiger partial charge in [-0.3, -0.25) is 14.4 Å². The van der Waals surface area contributed by atoms with Gasteiger partial charge in [-0.05, 0) is 48.0 Å². The minimum Gasteiger partial charge on any atom is -0.481 e. The molecule has 0 aromatic heterocycles. The fraction of sp³-hybridized carbons (Fsp3) is 0.125. The van der Waals surface area contributed by atoms with Crippen LogP contribution in [0.2, 0.25) is 0 Å². The molecule has 0 spiro atoms. The highest BCUT2D eigenvalue weighted by atomic mass is 32.2. The first-order valence-corrected chi connectivity index (χ1v) is 10.7. The molecule has 3 aromatic rings. The Morgan fingerprint density at radius 3 is 2.25 bits per heavy atom. The molecule has 6 nitrogen and oxygen atoms in total. The van der Waals surface area contributed by atoms with E-state index in [0.717, 1.165) is 10.5 Å². The second kappa shape index (κ2) is 11.1. The number of carbonyl (C=O) groups is 3. The molecule has 8 heteroatoms. The predicted octanol–water partition coefficient (Wildman–Crippen LogP) is 5.10. The third-order valence-corrected chi connectivity index (χ3v) is 5.64. The van der Waals surface area contributed by atoms with Crippen LogP contribution in [-0.4, -0.2) is 22.9 Å². The first kappa shape index (κ1) is 23.0. The van der Waals surface area contributed by atoms with Crippen molar-refractivity contribution in [1.82, 2.24) is 0 Å². The minimum absolute atomic E-state index is 0.126. The first-order chi connectivity index (χ1) is 15.4. The summed E-state index contributed by atoms with van der Waals surface area (Å²) >= 11 is 1.30. The van der Waals surface area contributed by atoms with Crippen molar-refractivity contribution in [1.29, 1.82) is 0 Å². The van der Waals surface area contributed by atoms with Crippen molar-refractivity contribution in [3.8, 4) is 0 Å². The maximum absolute atomic E-state index is 13.2. The van der Waals surface area contributed by atoms with E-state index in [4.69, 9.17) is 5.11 Å². The lowest BCUT2D eigenvalue weighted by Crippen LogP contribution is -2.19. The Hall–Kier alpha value is -3.65. The number of carbonyl (C=O) groups excluding carboxylic acids is 2. The molecule has 0 aliphatic heterocycles. The van der Waals surface area contributed by atoms with Gasteiger partial charge in [0.25, 0.3) is 0 Å². The number of carboxylic acid groups (broad SMARTS) is 1. The second-order valence-corrected chi connectivity index (χ2v) is 8.05. The van der Waals surface area contributed by atoms with Crippen molar-refractivity contribution in [2.24, 2.45) is 0 Å². The van der Waals surface area contributed by atoms with Gasteiger partial charge in [0, 0.05) is 22.7 Å². The molecule has 164 valence electrons. The van der Waals surface area contributed by atoms with Gasteiger partial charge < -0.3 is 15.7 Å². The minimum atomic E-state index is -1.04. The molecule has 3 rings (SSSR count). The molecular weight excluding hydrogens is 431 g/mol. The number of thioether (sulfide) groups is 1. The van der Waals surface area contributed by atoms with Crippen LogP contribution in [0.15, 0.2) is 83.8 Å². The number of hydrogen-bond acceptors (Lipinski definition) is 4. The molecule has 0 fully saturated rings. The Morgan fingerprint density at radius 1 is 0.844 bits per heavy atom. The molecule has 0 aliphatic carbocycles. The normalized spacial score (nSPS) is 11.4. The zero-order chi connectivity index (χ0) is 22.9. The maximum Gasteiger partial charge on any atom is 0.303 e. The van der Waals surface area contributed by atoms with E-state index in [1.54, 1.807) is 18.2 Å². The highest BCUT2D eigenvalue weighted by molar-refractivity contribution is 8.00. The van der Waals surface area contributed by atoms with E-state index in [1.165, 1.54) is 36.0 Å². The van der Waals surface area contributed by atoms with Crippen LogP contribution in [0.25, 0.3) is 0 Å². The largest absolute Gasteiger partial charge is 0.481 e. The molecule has 1 unspecified atom stereocenters. The number of amides is 2. The molecule has 3 aromatic carbocycles. The molecule has 0 saturated heterocycles. The number of aliphatic carboxylic acids is 1. The Kier molecular flexibility index (Phi) is 7.99. The van der Waals surface area contributed by atoms with E-state index in [-0.39, 0.29) is 24.6 Å². The van der Waals surface area contributed by atoms with Crippen LogP contribution < -0.4 is 10.6 Å². The standard InChI is InChI=1S/C24H21FN2O4S/c25-17-9-11-18(12-10-17)27-24(31)23(16-5-2-1-3-6-16)32-20-8-4-7-19(15-20)26-21(28)13-14-22(29)30/h1-12,15,23H,13-14H2,(H,26,28)(H,27,31)(H,29,30). The fourth-order valence-electron chi connectivity index (χ4n) is 2.87. The average molecular weight is 453 g/mol. The third kappa shape index (κ3) is 6.95. The van der Waals surface area contributed by atoms with E-state index < -0.39 is 17.1 Å². The van der Waals surface area contributed by atoms with Gasteiger partial charge in [-0.15, -0.1) is 11.8 Å². The molecule has 0 bridgehead atoms. The van der Waals surface area contributed by atoms with Crippen LogP contribution in [0.5, 0.6) is 0 Å². The van der Waals surface area contributed by atoms with Crippen molar-refractivity contribution in [2.75, 3.05) is 10.6 Å². The van der Waals surface area contributed by atoms with Gasteiger partial charge in [-0.1, -0.05) is 36.4 Å². The number of hydrogen-bond donors (Lipinski definition) is 3. The zero-order valence-corrected chi connectivity index (χ0v) is 17.8. The topological polar surface area (TPSA) is 95.5 Å². The number of carboxylic acids is 1. The van der Waals surface area contributed by atoms with Crippen molar-refractivity contribution in [3.05, 3.63) is 90.2 Å². The summed E-state index contributed by atoms with van der Waals surface area (Å²) in [4.78, 5) is 36.4. The Labute approximate surface area is 188 Å². The lowest BCUT2D eigenvalue weighted by molar-refractivity contribution is -0.138. The molecule has 2 amide bonds. The summed E-state index contributed by atoms with van der Waals surface area (Å²) in [5.74, 6) is -2.10. The Morgan fingerprint density at radius 2 is 1.56 bits per heavy atom. The van der Waals surface area contributed by atoms with Gasteiger partial charge in [0.2, 0.25) is 11.8 Å². The van der Waals surface area contributed by atoms with Crippen LogP contribution in [0.1, 0.15) is 23.7 Å². The fourth-order valence-corrected chi connectivity index (χ4v) is 3.95. The molecule has 1 atom stereocenters. The summed E-state index contributed by atoms with van der Waals surface area (Å²) in [5.41, 5.74) is 1.78. The van der Waals surface area contributed by atoms with Crippen LogP contribution in [-0.2, 0) is 14.4 Å². The van der Waals surface area contributed by atoms with Crippen LogP contribution in [0, 0.1) is 5.82 Å². The van der Waals surface area contributed by atoms with Gasteiger partial charge in [-0.25, -0.2) is 4.39 Å². The molecule has 32 heavy (non-hydrogen) atoms. The van der Waals surface area contributed by atoms with Gasteiger partial charge in [0.05, 0.1) is 6.42 Å². The predicted molar refractivity (Wildman–Crippen MR) is 122 cm³/mol. The monoisotopic (exact) mass is 452 g/mol. The lowest BCUT2D eigenvalue weighted by Gasteiger charge is -2.18. The first-order valence-electron chi connectivity index (χ1n) is 9.80. The molecular formula is C24H21FN2O4S. The SMILES string of the molecule is O=C(O)CCC(=O)Nc1cccc(SC(C(=O)Nc2ccc(F)cc2)c2ccccc2)c1. The molecule has 3 N–H and O–H groups in total. The van der Waals surface area contributed by atoms with Crippen LogP contribution in [0.4, 0.5) is 15.8 Å². The second-order valence-electron chi connectivity index (χ2n) is 6.87. The smallest absolute Gasteiger partial charge is 0.303 e. The summed E-state index contributed by atoms with van der Waals surface area (Å²) in [6.07, 6.45) is -0.376. The van der Waals surface area contributed by atoms with E-state index in [1.807, 2.05) is 36.4 Å². The van der Waals surface area contributed by atoms with Gasteiger partial charge >= 0.3 is 5.97 Å². The Balaban J connectivity index is 1.76. The number of nitrogens with one attached hydrogen (secondary N) is 2. The summed E-state index contributed by atoms with van der Waals surface area (Å²) in [7, 11) is 0. The van der Waals surface area contributed by atoms with Crippen molar-refractivity contribution in [2.45, 2.75) is 23.0 Å². The van der Waals surface area contributed by atoms with Crippen molar-refractivity contribution >= 4 is 40.9 Å². The Bertz CT molecular complexity index is 1090.